The molecule has 0 unspecified atom stereocenters. The van der Waals surface area contributed by atoms with Gasteiger partial charge >= 0.3 is 0 Å². The summed E-state index contributed by atoms with van der Waals surface area (Å²) in [6.07, 6.45) is 0. The highest BCUT2D eigenvalue weighted by atomic mass is 28.9. The molecule has 2 aromatic rings. The van der Waals surface area contributed by atoms with E-state index < -0.39 is 7.89 Å². The fraction of sp³-hybridized carbons (Fsp3) is 0. The summed E-state index contributed by atoms with van der Waals surface area (Å²) in [6, 6.07) is 21.1. The van der Waals surface area contributed by atoms with E-state index >= 15 is 0 Å². The van der Waals surface area contributed by atoms with Crippen LogP contribution >= 0.6 is 0 Å². The minimum absolute atomic E-state index is 0.739. The minimum Gasteiger partial charge on any atom is -0.0623 e. The molecule has 0 heterocycles. The summed E-state index contributed by atoms with van der Waals surface area (Å²) in [4.78, 5) is 0. The number of hydrogen-bond donors (Lipinski definition) is 0. The van der Waals surface area contributed by atoms with Gasteiger partial charge in [0, 0.05) is 9.34 Å². The summed E-state index contributed by atoms with van der Waals surface area (Å²) in [6.45, 7) is 0. The van der Waals surface area contributed by atoms with Gasteiger partial charge < -0.3 is 0 Å². The van der Waals surface area contributed by atoms with Crippen molar-refractivity contribution in [2.24, 2.45) is 0 Å². The van der Waals surface area contributed by atoms with Crippen LogP contribution in [0.15, 0.2) is 60.7 Å². The summed E-state index contributed by atoms with van der Waals surface area (Å²) in [7, 11) is 3.11. The topological polar surface area (TPSA) is 0 Å². The average Bonchev–Trinajstić information content (AvgIpc) is 2.30. The van der Waals surface area contributed by atoms with Gasteiger partial charge in [0.1, 0.15) is 0 Å². The Bertz CT molecular complexity index is 379. The van der Waals surface area contributed by atoms with Gasteiger partial charge in [0.25, 0.3) is 0 Å². The first-order valence-corrected chi connectivity index (χ1v) is 7.57. The lowest BCUT2D eigenvalue weighted by Crippen LogP contribution is -2.34. The maximum Gasteiger partial charge on any atom is 0.0581 e. The van der Waals surface area contributed by atoms with Crippen LogP contribution in [0.2, 0.25) is 0 Å². The van der Waals surface area contributed by atoms with E-state index in [1.165, 1.54) is 10.4 Å². The Morgan fingerprint density at radius 1 is 0.643 bits per heavy atom. The van der Waals surface area contributed by atoms with Gasteiger partial charge in [-0.3, -0.25) is 0 Å². The van der Waals surface area contributed by atoms with Crippen LogP contribution in [0, 0.1) is 0 Å². The second kappa shape index (κ2) is 4.39. The van der Waals surface area contributed by atoms with Crippen molar-refractivity contribution in [1.29, 1.82) is 0 Å². The van der Waals surface area contributed by atoms with Gasteiger partial charge in [0.2, 0.25) is 0 Å². The molecule has 0 aliphatic carbocycles. The van der Waals surface area contributed by atoms with E-state index in [-0.39, 0.29) is 0 Å². The molecule has 0 nitrogen and oxygen atoms in total. The van der Waals surface area contributed by atoms with Crippen molar-refractivity contribution in [3.63, 3.8) is 0 Å². The van der Waals surface area contributed by atoms with Gasteiger partial charge in [-0.25, -0.2) is 0 Å². The van der Waals surface area contributed by atoms with E-state index in [0.717, 1.165) is 0 Å². The molecule has 2 rings (SSSR count). The summed E-state index contributed by atoms with van der Waals surface area (Å²) in [5.41, 5.74) is 0. The lowest BCUT2D eigenvalue weighted by molar-refractivity contribution is 1.74. The molecular weight excluding hydrogens is 200 g/mol. The Morgan fingerprint density at radius 2 is 1.00 bits per heavy atom. The zero-order valence-electron chi connectivity index (χ0n) is 7.77. The lowest BCUT2D eigenvalue weighted by Gasteiger charge is -2.03. The first kappa shape index (κ1) is 9.43. The second-order valence-corrected chi connectivity index (χ2v) is 6.51. The molecule has 0 N–H and O–H groups in total. The van der Waals surface area contributed by atoms with Crippen LogP contribution in [-0.2, 0) is 0 Å². The third-order valence-electron chi connectivity index (χ3n) is 2.12. The summed E-state index contributed by atoms with van der Waals surface area (Å²) in [5, 5.41) is 2.78. The van der Waals surface area contributed by atoms with Crippen molar-refractivity contribution in [2.75, 3.05) is 0 Å². The van der Waals surface area contributed by atoms with Crippen molar-refractivity contribution in [2.45, 2.75) is 0 Å². The number of benzene rings is 2. The Hall–Kier alpha value is -1.13. The third-order valence-corrected chi connectivity index (χ3v) is 5.68. The van der Waals surface area contributed by atoms with Crippen LogP contribution in [0.4, 0.5) is 0 Å². The maximum absolute atomic E-state index is 3.85. The maximum atomic E-state index is 3.85. The van der Waals surface area contributed by atoms with Gasteiger partial charge in [0.15, 0.2) is 0 Å². The zero-order valence-corrected chi connectivity index (χ0v) is 9.77. The fourth-order valence-corrected chi connectivity index (χ4v) is 3.76. The molecule has 0 bridgehead atoms. The predicted octanol–water partition coefficient (Wildman–Crippen LogP) is 0.961. The molecule has 14 heavy (non-hydrogen) atoms. The Balaban J connectivity index is 2.35. The van der Waals surface area contributed by atoms with Crippen LogP contribution in [0.25, 0.3) is 0 Å². The van der Waals surface area contributed by atoms with Gasteiger partial charge in [-0.2, -0.15) is 0 Å². The largest absolute Gasteiger partial charge is 0.0623 e. The quantitative estimate of drug-likeness (QED) is 0.648. The standard InChI is InChI=1S/C12H10Si2/c13-14(11-7-3-1-4-8-11)12-9-5-2-6-10-12/h1-10H. The van der Waals surface area contributed by atoms with Crippen molar-refractivity contribution >= 4 is 27.6 Å². The summed E-state index contributed by atoms with van der Waals surface area (Å²) >= 11 is 0. The Kier molecular flexibility index (Phi) is 2.96. The minimum atomic E-state index is -0.739. The SMILES string of the molecule is [Si]=[Si](c1ccccc1)c1ccccc1. The van der Waals surface area contributed by atoms with Gasteiger partial charge in [-0.1, -0.05) is 60.7 Å². The molecule has 0 aliphatic rings. The van der Waals surface area contributed by atoms with Crippen LogP contribution in [0.5, 0.6) is 0 Å². The van der Waals surface area contributed by atoms with E-state index in [1.54, 1.807) is 0 Å². The van der Waals surface area contributed by atoms with E-state index in [0.29, 0.717) is 0 Å². The third kappa shape index (κ3) is 2.03. The highest BCUT2D eigenvalue weighted by molar-refractivity contribution is 6.96. The molecule has 66 valence electrons. The number of hydrogen-bond acceptors (Lipinski definition) is 0. The summed E-state index contributed by atoms with van der Waals surface area (Å²) < 4.78 is 0. The smallest absolute Gasteiger partial charge is 0.0581 e. The number of rotatable bonds is 2. The monoisotopic (exact) mass is 210 g/mol. The van der Waals surface area contributed by atoms with E-state index in [9.17, 15) is 0 Å². The van der Waals surface area contributed by atoms with Crippen molar-refractivity contribution in [1.82, 2.24) is 0 Å². The second-order valence-electron chi connectivity index (χ2n) is 3.11. The molecule has 2 heteroatoms. The average molecular weight is 210 g/mol. The molecule has 0 atom stereocenters. The highest BCUT2D eigenvalue weighted by Gasteiger charge is 2.00. The lowest BCUT2D eigenvalue weighted by atomic mass is 10.4. The van der Waals surface area contributed by atoms with E-state index in [4.69, 9.17) is 0 Å². The molecule has 0 spiro atoms. The van der Waals surface area contributed by atoms with Crippen molar-refractivity contribution < 1.29 is 0 Å². The van der Waals surface area contributed by atoms with Crippen LogP contribution in [-0.4, -0.2) is 17.2 Å². The van der Waals surface area contributed by atoms with Crippen LogP contribution in [0.3, 0.4) is 0 Å². The fourth-order valence-electron chi connectivity index (χ4n) is 1.38. The highest BCUT2D eigenvalue weighted by Crippen LogP contribution is 1.86. The molecule has 0 saturated carbocycles. The van der Waals surface area contributed by atoms with Crippen molar-refractivity contribution in [3.8, 4) is 0 Å². The van der Waals surface area contributed by atoms with Gasteiger partial charge in [-0.05, 0) is 10.4 Å². The van der Waals surface area contributed by atoms with E-state index in [2.05, 4.69) is 70.0 Å². The first-order valence-electron chi connectivity index (χ1n) is 4.57. The molecule has 0 saturated heterocycles. The first-order chi connectivity index (χ1) is 6.88. The van der Waals surface area contributed by atoms with Crippen molar-refractivity contribution in [3.05, 3.63) is 60.7 Å². The molecular formula is C12H10Si2. The van der Waals surface area contributed by atoms with E-state index in [1.807, 2.05) is 0 Å². The molecule has 2 aromatic carbocycles. The zero-order chi connectivity index (χ0) is 9.80. The Morgan fingerprint density at radius 3 is 1.36 bits per heavy atom. The predicted molar refractivity (Wildman–Crippen MR) is 63.7 cm³/mol. The Labute approximate surface area is 88.6 Å². The molecule has 0 amide bonds. The molecule has 2 radical (unpaired) electrons. The molecule has 0 aromatic heterocycles. The molecule has 0 fully saturated rings. The van der Waals surface area contributed by atoms with Gasteiger partial charge in [-0.15, -0.1) is 0 Å². The van der Waals surface area contributed by atoms with Crippen LogP contribution in [0.1, 0.15) is 0 Å². The molecule has 0 aliphatic heterocycles. The normalized spacial score (nSPS) is 9.71. The van der Waals surface area contributed by atoms with Gasteiger partial charge in [0.05, 0.1) is 7.89 Å². The summed E-state index contributed by atoms with van der Waals surface area (Å²) in [5.74, 6) is 0. The van der Waals surface area contributed by atoms with Crippen LogP contribution < -0.4 is 10.4 Å².